The van der Waals surface area contributed by atoms with Crippen LogP contribution in [0.5, 0.6) is 0 Å². The molecule has 0 amide bonds. The first-order valence-corrected chi connectivity index (χ1v) is 6.61. The Labute approximate surface area is 120 Å². The molecule has 0 bridgehead atoms. The number of benzene rings is 1. The molecule has 5 heteroatoms. The number of oxazole rings is 1. The molecule has 4 nitrogen and oxygen atoms in total. The van der Waals surface area contributed by atoms with Crippen LogP contribution >= 0.6 is 0 Å². The summed E-state index contributed by atoms with van der Waals surface area (Å²) in [5.41, 5.74) is 3.31. The van der Waals surface area contributed by atoms with E-state index in [1.165, 1.54) is 12.1 Å². The Kier molecular flexibility index (Phi) is 3.25. The third kappa shape index (κ3) is 2.42. The van der Waals surface area contributed by atoms with E-state index in [9.17, 15) is 9.18 Å². The van der Waals surface area contributed by atoms with Gasteiger partial charge in [0.05, 0.1) is 5.69 Å². The second-order valence-corrected chi connectivity index (χ2v) is 5.08. The zero-order valence-corrected chi connectivity index (χ0v) is 11.6. The fraction of sp³-hybridized carbons (Fsp3) is 0.188. The van der Waals surface area contributed by atoms with Gasteiger partial charge in [0.15, 0.2) is 0 Å². The molecule has 0 spiro atoms. The smallest absolute Gasteiger partial charge is 0.262 e. The summed E-state index contributed by atoms with van der Waals surface area (Å²) in [7, 11) is 0. The van der Waals surface area contributed by atoms with Gasteiger partial charge < -0.3 is 4.42 Å². The van der Waals surface area contributed by atoms with E-state index in [0.717, 1.165) is 11.1 Å². The van der Waals surface area contributed by atoms with Crippen molar-refractivity contribution < 1.29 is 13.6 Å². The molecule has 0 radical (unpaired) electrons. The number of hydrogen-bond donors (Lipinski definition) is 0. The zero-order chi connectivity index (χ0) is 15.0. The molecule has 1 aromatic carbocycles. The van der Waals surface area contributed by atoms with E-state index >= 15 is 0 Å². The van der Waals surface area contributed by atoms with Gasteiger partial charge in [-0.15, -0.1) is 0 Å². The molecule has 0 aliphatic heterocycles. The van der Waals surface area contributed by atoms with Crippen LogP contribution in [-0.4, -0.2) is 16.3 Å². The first-order valence-electron chi connectivity index (χ1n) is 6.61. The van der Waals surface area contributed by atoms with Crippen LogP contribution < -0.4 is 0 Å². The molecule has 0 atom stereocenters. The van der Waals surface area contributed by atoms with E-state index in [2.05, 4.69) is 9.97 Å². The van der Waals surface area contributed by atoms with Crippen LogP contribution in [-0.2, 0) is 0 Å². The molecule has 21 heavy (non-hydrogen) atoms. The zero-order valence-electron chi connectivity index (χ0n) is 11.6. The van der Waals surface area contributed by atoms with Crippen LogP contribution in [0.2, 0.25) is 0 Å². The standard InChI is InChI=1S/C16H13FN2O2/c1-9(2)12-7-13(10-3-5-11(17)6-4-10)18-16-15(12)19-14(8-20)21-16/h3-9H,1-2H3. The summed E-state index contributed by atoms with van der Waals surface area (Å²) in [5.74, 6) is -0.0956. The summed E-state index contributed by atoms with van der Waals surface area (Å²) < 4.78 is 18.4. The van der Waals surface area contributed by atoms with Crippen molar-refractivity contribution in [2.75, 3.05) is 0 Å². The van der Waals surface area contributed by atoms with Crippen LogP contribution in [0.3, 0.4) is 0 Å². The van der Waals surface area contributed by atoms with E-state index in [-0.39, 0.29) is 17.6 Å². The van der Waals surface area contributed by atoms with Crippen LogP contribution in [0.25, 0.3) is 22.5 Å². The van der Waals surface area contributed by atoms with E-state index < -0.39 is 0 Å². The third-order valence-electron chi connectivity index (χ3n) is 3.28. The van der Waals surface area contributed by atoms with Crippen molar-refractivity contribution in [1.82, 2.24) is 9.97 Å². The average Bonchev–Trinajstić information content (AvgIpc) is 2.89. The minimum absolute atomic E-state index is 0.00987. The number of rotatable bonds is 3. The fourth-order valence-corrected chi connectivity index (χ4v) is 2.21. The summed E-state index contributed by atoms with van der Waals surface area (Å²) in [4.78, 5) is 19.3. The molecule has 3 aromatic rings. The highest BCUT2D eigenvalue weighted by Gasteiger charge is 2.16. The Bertz CT molecular complexity index is 807. The molecule has 2 aromatic heterocycles. The first-order chi connectivity index (χ1) is 10.1. The molecule has 2 heterocycles. The van der Waals surface area contributed by atoms with E-state index in [4.69, 9.17) is 4.42 Å². The normalized spacial score (nSPS) is 11.2. The van der Waals surface area contributed by atoms with E-state index in [0.29, 0.717) is 23.2 Å². The molecule has 0 saturated carbocycles. The van der Waals surface area contributed by atoms with Crippen molar-refractivity contribution in [2.45, 2.75) is 19.8 Å². The average molecular weight is 284 g/mol. The number of nitrogens with zero attached hydrogens (tertiary/aromatic N) is 2. The molecular weight excluding hydrogens is 271 g/mol. The highest BCUT2D eigenvalue weighted by atomic mass is 19.1. The van der Waals surface area contributed by atoms with Crippen LogP contribution in [0, 0.1) is 5.82 Å². The van der Waals surface area contributed by atoms with E-state index in [1.54, 1.807) is 12.1 Å². The fourth-order valence-electron chi connectivity index (χ4n) is 2.21. The second-order valence-electron chi connectivity index (χ2n) is 5.08. The number of pyridine rings is 1. The van der Waals surface area contributed by atoms with Gasteiger partial charge >= 0.3 is 0 Å². The molecule has 3 rings (SSSR count). The SMILES string of the molecule is CC(C)c1cc(-c2ccc(F)cc2)nc2oc(C=O)nc12. The summed E-state index contributed by atoms with van der Waals surface area (Å²) >= 11 is 0. The van der Waals surface area contributed by atoms with Crippen LogP contribution in [0.15, 0.2) is 34.7 Å². The van der Waals surface area contributed by atoms with Crippen molar-refractivity contribution in [3.63, 3.8) is 0 Å². The maximum absolute atomic E-state index is 13.0. The largest absolute Gasteiger partial charge is 0.415 e. The maximum Gasteiger partial charge on any atom is 0.262 e. The Morgan fingerprint density at radius 1 is 1.19 bits per heavy atom. The Hall–Kier alpha value is -2.56. The molecule has 0 saturated heterocycles. The number of carbonyl (C=O) groups excluding carboxylic acids is 1. The number of fused-ring (bicyclic) bond motifs is 1. The van der Waals surface area contributed by atoms with Crippen LogP contribution in [0.4, 0.5) is 4.39 Å². The first kappa shape index (κ1) is 13.4. The second kappa shape index (κ2) is 5.09. The summed E-state index contributed by atoms with van der Waals surface area (Å²) in [6, 6.07) is 7.98. The topological polar surface area (TPSA) is 56.0 Å². The Balaban J connectivity index is 2.24. The van der Waals surface area contributed by atoms with Crippen molar-refractivity contribution in [3.05, 3.63) is 47.6 Å². The number of aromatic nitrogens is 2. The number of aldehydes is 1. The number of carbonyl (C=O) groups is 1. The minimum Gasteiger partial charge on any atom is -0.415 e. The van der Waals surface area contributed by atoms with Crippen molar-refractivity contribution >= 4 is 17.5 Å². The minimum atomic E-state index is -0.299. The molecule has 106 valence electrons. The summed E-state index contributed by atoms with van der Waals surface area (Å²) in [6.45, 7) is 4.05. The van der Waals surface area contributed by atoms with Gasteiger partial charge in [-0.25, -0.2) is 14.4 Å². The quantitative estimate of drug-likeness (QED) is 0.683. The van der Waals surface area contributed by atoms with Crippen LogP contribution in [0.1, 0.15) is 36.0 Å². The lowest BCUT2D eigenvalue weighted by molar-refractivity contribution is 0.109. The molecule has 0 unspecified atom stereocenters. The van der Waals surface area contributed by atoms with Gasteiger partial charge in [-0.1, -0.05) is 13.8 Å². The van der Waals surface area contributed by atoms with Gasteiger partial charge in [-0.3, -0.25) is 4.79 Å². The maximum atomic E-state index is 13.0. The van der Waals surface area contributed by atoms with Crippen molar-refractivity contribution in [3.8, 4) is 11.3 Å². The third-order valence-corrected chi connectivity index (χ3v) is 3.28. The molecule has 0 aliphatic rings. The van der Waals surface area contributed by atoms with Gasteiger partial charge in [0, 0.05) is 5.56 Å². The lowest BCUT2D eigenvalue weighted by Gasteiger charge is -2.08. The lowest BCUT2D eigenvalue weighted by Crippen LogP contribution is -1.94. The predicted octanol–water partition coefficient (Wildman–Crippen LogP) is 3.96. The summed E-state index contributed by atoms with van der Waals surface area (Å²) in [6.07, 6.45) is 0.559. The molecular formula is C16H13FN2O2. The highest BCUT2D eigenvalue weighted by molar-refractivity contribution is 5.82. The van der Waals surface area contributed by atoms with Gasteiger partial charge in [0.2, 0.25) is 12.0 Å². The molecule has 0 fully saturated rings. The summed E-state index contributed by atoms with van der Waals surface area (Å²) in [5, 5.41) is 0. The van der Waals surface area contributed by atoms with Crippen molar-refractivity contribution in [2.24, 2.45) is 0 Å². The van der Waals surface area contributed by atoms with Gasteiger partial charge in [-0.2, -0.15) is 0 Å². The van der Waals surface area contributed by atoms with Gasteiger partial charge in [0.25, 0.3) is 5.89 Å². The Morgan fingerprint density at radius 3 is 2.52 bits per heavy atom. The van der Waals surface area contributed by atoms with Gasteiger partial charge in [0.1, 0.15) is 11.3 Å². The molecule has 0 N–H and O–H groups in total. The predicted molar refractivity (Wildman–Crippen MR) is 76.7 cm³/mol. The highest BCUT2D eigenvalue weighted by Crippen LogP contribution is 2.29. The molecule has 0 aliphatic carbocycles. The lowest BCUT2D eigenvalue weighted by atomic mass is 10.0. The van der Waals surface area contributed by atoms with Gasteiger partial charge in [-0.05, 0) is 41.8 Å². The van der Waals surface area contributed by atoms with Crippen molar-refractivity contribution in [1.29, 1.82) is 0 Å². The Morgan fingerprint density at radius 2 is 1.90 bits per heavy atom. The monoisotopic (exact) mass is 284 g/mol. The number of hydrogen-bond acceptors (Lipinski definition) is 4. The number of halogens is 1. The van der Waals surface area contributed by atoms with E-state index in [1.807, 2.05) is 19.9 Å².